The molecule has 0 atom stereocenters. The van der Waals surface area contributed by atoms with Crippen LogP contribution in [0, 0.1) is 5.41 Å². The number of hydrogen-bond donors (Lipinski definition) is 1. The lowest BCUT2D eigenvalue weighted by molar-refractivity contribution is 0.0411. The van der Waals surface area contributed by atoms with Gasteiger partial charge in [-0.25, -0.2) is 4.79 Å². The minimum atomic E-state index is -0.411. The van der Waals surface area contributed by atoms with E-state index in [1.165, 1.54) is 38.5 Å². The van der Waals surface area contributed by atoms with Crippen LogP contribution in [0.15, 0.2) is 0 Å². The van der Waals surface area contributed by atoms with Crippen molar-refractivity contribution in [3.05, 3.63) is 0 Å². The zero-order valence-corrected chi connectivity index (χ0v) is 13.2. The van der Waals surface area contributed by atoms with Gasteiger partial charge < -0.3 is 10.1 Å². The molecule has 1 amide bonds. The highest BCUT2D eigenvalue weighted by atomic mass is 79.9. The highest BCUT2D eigenvalue weighted by Crippen LogP contribution is 2.55. The van der Waals surface area contributed by atoms with Gasteiger partial charge in [0.05, 0.1) is 0 Å². The molecule has 1 N–H and O–H groups in total. The quantitative estimate of drug-likeness (QED) is 0.782. The predicted octanol–water partition coefficient (Wildman–Crippen LogP) is 4.00. The summed E-state index contributed by atoms with van der Waals surface area (Å²) >= 11 is 3.86. The van der Waals surface area contributed by atoms with Gasteiger partial charge in [0.25, 0.3) is 0 Å². The van der Waals surface area contributed by atoms with Crippen molar-refractivity contribution in [3.8, 4) is 0 Å². The second kappa shape index (κ2) is 4.69. The molecule has 2 bridgehead atoms. The molecule has 3 saturated carbocycles. The molecule has 104 valence electrons. The van der Waals surface area contributed by atoms with Crippen molar-refractivity contribution in [1.29, 1.82) is 0 Å². The maximum atomic E-state index is 11.7. The normalized spacial score (nSPS) is 35.3. The van der Waals surface area contributed by atoms with Crippen LogP contribution >= 0.6 is 15.9 Å². The second-order valence-corrected chi connectivity index (χ2v) is 8.69. The summed E-state index contributed by atoms with van der Waals surface area (Å²) in [6.45, 7) is 6.45. The highest BCUT2D eigenvalue weighted by Gasteiger charge is 2.47. The predicted molar refractivity (Wildman–Crippen MR) is 76.0 cm³/mol. The number of amides is 1. The summed E-state index contributed by atoms with van der Waals surface area (Å²) in [5.74, 6) is 0. The van der Waals surface area contributed by atoms with Crippen molar-refractivity contribution in [2.75, 3.05) is 6.54 Å². The van der Waals surface area contributed by atoms with Crippen molar-refractivity contribution in [3.63, 3.8) is 0 Å². The summed E-state index contributed by atoms with van der Waals surface area (Å²) < 4.78 is 5.70. The maximum Gasteiger partial charge on any atom is 0.407 e. The molecule has 0 aromatic carbocycles. The van der Waals surface area contributed by atoms with Crippen molar-refractivity contribution < 1.29 is 9.53 Å². The molecule has 3 aliphatic rings. The maximum absolute atomic E-state index is 11.7. The molecule has 0 heterocycles. The summed E-state index contributed by atoms with van der Waals surface area (Å²) in [6, 6.07) is 0. The Balaban J connectivity index is 1.82. The smallest absolute Gasteiger partial charge is 0.407 e. The number of carbonyl (C=O) groups is 1. The Labute approximate surface area is 118 Å². The standard InChI is InChI=1S/C14H24BrNO2/c1-12(2,3)18-11(17)16-10-13-4-7-14(15,8-5-13)9-6-13/h4-10H2,1-3H3,(H,16,17). The minimum Gasteiger partial charge on any atom is -0.444 e. The van der Waals surface area contributed by atoms with Gasteiger partial charge in [0.2, 0.25) is 0 Å². The molecular weight excluding hydrogens is 294 g/mol. The molecular formula is C14H24BrNO2. The van der Waals surface area contributed by atoms with E-state index in [0.29, 0.717) is 9.74 Å². The minimum absolute atomic E-state index is 0.280. The number of rotatable bonds is 2. The number of halogens is 1. The first-order valence-corrected chi connectivity index (χ1v) is 7.67. The summed E-state index contributed by atoms with van der Waals surface area (Å²) in [5, 5.41) is 2.96. The van der Waals surface area contributed by atoms with Gasteiger partial charge in [-0.05, 0) is 64.7 Å². The molecule has 0 aromatic heterocycles. The molecule has 4 heteroatoms. The molecule has 0 unspecified atom stereocenters. The Morgan fingerprint density at radius 1 is 1.17 bits per heavy atom. The lowest BCUT2D eigenvalue weighted by atomic mass is 9.60. The molecule has 3 fully saturated rings. The number of alkyl carbamates (subject to hydrolysis) is 1. The van der Waals surface area contributed by atoms with Gasteiger partial charge in [-0.15, -0.1) is 0 Å². The zero-order chi connectivity index (χ0) is 13.4. The third kappa shape index (κ3) is 3.40. The van der Waals surface area contributed by atoms with E-state index in [0.717, 1.165) is 6.54 Å². The zero-order valence-electron chi connectivity index (χ0n) is 11.6. The third-order valence-corrected chi connectivity index (χ3v) is 5.51. The Bertz CT molecular complexity index is 311. The van der Waals surface area contributed by atoms with Gasteiger partial charge in [0.15, 0.2) is 0 Å². The first kappa shape index (κ1) is 14.2. The fourth-order valence-electron chi connectivity index (χ4n) is 3.06. The summed E-state index contributed by atoms with van der Waals surface area (Å²) in [7, 11) is 0. The molecule has 3 rings (SSSR count). The van der Waals surface area contributed by atoms with E-state index < -0.39 is 5.60 Å². The molecule has 0 saturated heterocycles. The van der Waals surface area contributed by atoms with Gasteiger partial charge in [0, 0.05) is 10.9 Å². The van der Waals surface area contributed by atoms with Crippen LogP contribution in [0.2, 0.25) is 0 Å². The molecule has 0 spiro atoms. The lowest BCUT2D eigenvalue weighted by Crippen LogP contribution is -2.48. The first-order chi connectivity index (χ1) is 8.22. The Morgan fingerprint density at radius 2 is 1.67 bits per heavy atom. The fraction of sp³-hybridized carbons (Fsp3) is 0.929. The Morgan fingerprint density at radius 3 is 2.11 bits per heavy atom. The van der Waals surface area contributed by atoms with Gasteiger partial charge >= 0.3 is 6.09 Å². The Kier molecular flexibility index (Phi) is 3.69. The highest BCUT2D eigenvalue weighted by molar-refractivity contribution is 9.10. The summed E-state index contributed by atoms with van der Waals surface area (Å²) in [5.41, 5.74) is -0.0850. The SMILES string of the molecule is CC(C)(C)OC(=O)NCC12CCC(Br)(CC1)CC2. The number of carbonyl (C=O) groups excluding carboxylic acids is 1. The van der Waals surface area contributed by atoms with Gasteiger partial charge in [-0.2, -0.15) is 0 Å². The topological polar surface area (TPSA) is 38.3 Å². The van der Waals surface area contributed by atoms with E-state index in [2.05, 4.69) is 21.2 Å². The number of hydrogen-bond acceptors (Lipinski definition) is 2. The van der Waals surface area contributed by atoms with Gasteiger partial charge in [-0.3, -0.25) is 0 Å². The van der Waals surface area contributed by atoms with E-state index in [4.69, 9.17) is 4.74 Å². The second-order valence-electron chi connectivity index (χ2n) is 7.01. The van der Waals surface area contributed by atoms with Crippen LogP contribution in [-0.4, -0.2) is 22.6 Å². The van der Waals surface area contributed by atoms with Crippen molar-refractivity contribution in [2.45, 2.75) is 69.2 Å². The molecule has 18 heavy (non-hydrogen) atoms. The Hall–Kier alpha value is -0.250. The van der Waals surface area contributed by atoms with Crippen LogP contribution in [0.3, 0.4) is 0 Å². The largest absolute Gasteiger partial charge is 0.444 e. The van der Waals surface area contributed by atoms with Crippen molar-refractivity contribution >= 4 is 22.0 Å². The van der Waals surface area contributed by atoms with E-state index in [-0.39, 0.29) is 6.09 Å². The van der Waals surface area contributed by atoms with Crippen LogP contribution < -0.4 is 5.32 Å². The molecule has 0 radical (unpaired) electrons. The number of alkyl halides is 1. The summed E-state index contributed by atoms with van der Waals surface area (Å²) in [4.78, 5) is 11.7. The van der Waals surface area contributed by atoms with Crippen LogP contribution in [0.25, 0.3) is 0 Å². The molecule has 0 aliphatic heterocycles. The number of fused-ring (bicyclic) bond motifs is 3. The average Bonchev–Trinajstić information content (AvgIpc) is 2.26. The van der Waals surface area contributed by atoms with E-state index >= 15 is 0 Å². The van der Waals surface area contributed by atoms with Crippen LogP contribution in [0.1, 0.15) is 59.3 Å². The van der Waals surface area contributed by atoms with Gasteiger partial charge in [0.1, 0.15) is 5.60 Å². The van der Waals surface area contributed by atoms with Crippen LogP contribution in [0.4, 0.5) is 4.79 Å². The number of ether oxygens (including phenoxy) is 1. The van der Waals surface area contributed by atoms with Gasteiger partial charge in [-0.1, -0.05) is 15.9 Å². The summed E-state index contributed by atoms with van der Waals surface area (Å²) in [6.07, 6.45) is 7.09. The van der Waals surface area contributed by atoms with Crippen LogP contribution in [0.5, 0.6) is 0 Å². The first-order valence-electron chi connectivity index (χ1n) is 6.88. The fourth-order valence-corrected chi connectivity index (χ4v) is 3.65. The average molecular weight is 318 g/mol. The number of nitrogens with one attached hydrogen (secondary N) is 1. The van der Waals surface area contributed by atoms with Crippen molar-refractivity contribution in [2.24, 2.45) is 5.41 Å². The lowest BCUT2D eigenvalue weighted by Gasteiger charge is -2.51. The van der Waals surface area contributed by atoms with E-state index in [1.807, 2.05) is 20.8 Å². The monoisotopic (exact) mass is 317 g/mol. The third-order valence-electron chi connectivity index (χ3n) is 4.32. The van der Waals surface area contributed by atoms with Crippen LogP contribution in [-0.2, 0) is 4.74 Å². The van der Waals surface area contributed by atoms with E-state index in [9.17, 15) is 4.79 Å². The van der Waals surface area contributed by atoms with Crippen molar-refractivity contribution in [1.82, 2.24) is 5.32 Å². The van der Waals surface area contributed by atoms with E-state index in [1.54, 1.807) is 0 Å². The molecule has 3 aliphatic carbocycles. The molecule has 0 aromatic rings. The molecule has 3 nitrogen and oxygen atoms in total.